The van der Waals surface area contributed by atoms with Crippen LogP contribution in [0.2, 0.25) is 0 Å². The van der Waals surface area contributed by atoms with E-state index in [-0.39, 0.29) is 0 Å². The topological polar surface area (TPSA) is 0 Å². The molecule has 1 heterocycles. The van der Waals surface area contributed by atoms with Crippen LogP contribution in [0.1, 0.15) is 0 Å². The first-order valence-electron chi connectivity index (χ1n) is 1.85. The summed E-state index contributed by atoms with van der Waals surface area (Å²) in [7, 11) is 0. The third-order valence-corrected chi connectivity index (χ3v) is 2.16. The van der Waals surface area contributed by atoms with Crippen LogP contribution in [0.4, 0.5) is 0 Å². The van der Waals surface area contributed by atoms with Gasteiger partial charge in [0.25, 0.3) is 0 Å². The van der Waals surface area contributed by atoms with Gasteiger partial charge in [0.1, 0.15) is 0 Å². The normalized spacial score (nSPS) is 22.0. The summed E-state index contributed by atoms with van der Waals surface area (Å²) in [6, 6.07) is 0. The van der Waals surface area contributed by atoms with E-state index in [1.54, 1.807) is 11.4 Å². The van der Waals surface area contributed by atoms with Gasteiger partial charge in [-0.1, -0.05) is 0 Å². The second-order valence-corrected chi connectivity index (χ2v) is 2.46. The van der Waals surface area contributed by atoms with Crippen LogP contribution < -0.4 is 0 Å². The van der Waals surface area contributed by atoms with Crippen molar-refractivity contribution in [1.29, 1.82) is 0 Å². The molecule has 0 aromatic heterocycles. The molecule has 0 atom stereocenters. The number of hydrogen-bond acceptors (Lipinski definition) is 0. The third kappa shape index (κ3) is 1.23. The number of rotatable bonds is 0. The summed E-state index contributed by atoms with van der Waals surface area (Å²) in [6.07, 6.45) is 4.02. The van der Waals surface area contributed by atoms with Crippen LogP contribution in [-0.4, -0.2) is 21.4 Å². The van der Waals surface area contributed by atoms with Gasteiger partial charge in [-0.05, 0) is 0 Å². The molecule has 0 spiro atoms. The predicted molar refractivity (Wildman–Crippen MR) is 35.1 cm³/mol. The Labute approximate surface area is 55.1 Å². The van der Waals surface area contributed by atoms with E-state index in [1.807, 2.05) is 17.5 Å². The van der Waals surface area contributed by atoms with Crippen LogP contribution in [0.3, 0.4) is 0 Å². The van der Waals surface area contributed by atoms with Crippen LogP contribution in [0.15, 0.2) is 17.1 Å². The number of hydrogen-bond donors (Lipinski definition) is 0. The second-order valence-electron chi connectivity index (χ2n) is 1.08. The second kappa shape index (κ2) is 2.41. The van der Waals surface area contributed by atoms with Gasteiger partial charge >= 0.3 is 54.8 Å². The van der Waals surface area contributed by atoms with Gasteiger partial charge in [0.15, 0.2) is 0 Å². The van der Waals surface area contributed by atoms with Gasteiger partial charge in [0.2, 0.25) is 0 Å². The Morgan fingerprint density at radius 1 is 1.71 bits per heavy atom. The van der Waals surface area contributed by atoms with E-state index in [0.717, 1.165) is 0 Å². The first-order chi connectivity index (χ1) is 3.43. The Morgan fingerprint density at radius 3 is 2.86 bits per heavy atom. The zero-order valence-corrected chi connectivity index (χ0v) is 6.08. The molecule has 1 aliphatic rings. The molecule has 0 unspecified atom stereocenters. The van der Waals surface area contributed by atoms with E-state index < -0.39 is 0 Å². The predicted octanol–water partition coefficient (Wildman–Crippen LogP) is 0.254. The van der Waals surface area contributed by atoms with Crippen LogP contribution in [0.25, 0.3) is 0 Å². The maximum absolute atomic E-state index is 2.90. The molecule has 0 aromatic carbocycles. The van der Waals surface area contributed by atoms with Crippen molar-refractivity contribution in [3.05, 3.63) is 22.0 Å². The molecule has 0 aliphatic carbocycles. The van der Waals surface area contributed by atoms with Crippen molar-refractivity contribution in [1.82, 2.24) is 0 Å². The molecule has 7 heavy (non-hydrogen) atoms. The van der Waals surface area contributed by atoms with Crippen molar-refractivity contribution in [2.24, 2.45) is 0 Å². The summed E-state index contributed by atoms with van der Waals surface area (Å²) < 4.78 is 0. The van der Waals surface area contributed by atoms with Gasteiger partial charge < -0.3 is 0 Å². The van der Waals surface area contributed by atoms with E-state index in [4.69, 9.17) is 0 Å². The van der Waals surface area contributed by atoms with Crippen molar-refractivity contribution in [3.8, 4) is 0 Å². The van der Waals surface area contributed by atoms with E-state index in [2.05, 4.69) is 21.0 Å². The summed E-state index contributed by atoms with van der Waals surface area (Å²) >= 11 is 4.39. The fourth-order valence-electron chi connectivity index (χ4n) is 0.337. The van der Waals surface area contributed by atoms with Gasteiger partial charge in [0, 0.05) is 0 Å². The fourth-order valence-corrected chi connectivity index (χ4v) is 1.29. The Bertz CT molecular complexity index is 130. The van der Waals surface area contributed by atoms with Gasteiger partial charge in [-0.15, -0.1) is 0 Å². The molecule has 0 saturated heterocycles. The van der Waals surface area contributed by atoms with Gasteiger partial charge in [-0.3, -0.25) is 0 Å². The molecule has 1 radical (unpaired) electrons. The molecule has 0 amide bonds. The Hall–Kier alpha value is 0.0895. The summed E-state index contributed by atoms with van der Waals surface area (Å²) in [4.78, 5) is 4.07. The molecule has 1 rings (SSSR count). The van der Waals surface area contributed by atoms with Gasteiger partial charge in [0.05, 0.1) is 0 Å². The average molecular weight is 174 g/mol. The van der Waals surface area contributed by atoms with Crippen molar-refractivity contribution in [2.45, 2.75) is 0 Å². The zero-order chi connectivity index (χ0) is 5.11. The number of allylic oxidation sites excluding steroid dienone is 2. The van der Waals surface area contributed by atoms with E-state index in [0.29, 0.717) is 0 Å². The molecule has 0 saturated carbocycles. The van der Waals surface area contributed by atoms with Crippen LogP contribution in [0.5, 0.6) is 0 Å². The minimum absolute atomic E-state index is 1.17. The first-order valence-corrected chi connectivity index (χ1v) is 3.59. The van der Waals surface area contributed by atoms with Crippen LogP contribution >= 0.6 is 0 Å². The SMILES string of the molecule is [Se][C-]=C1C=CC=[S+]1. The monoisotopic (exact) mass is 175 g/mol. The zero-order valence-electron chi connectivity index (χ0n) is 3.55. The Balaban J connectivity index is 2.79. The molecule has 2 heteroatoms. The van der Waals surface area contributed by atoms with Crippen LogP contribution in [-0.2, 0) is 11.4 Å². The third-order valence-electron chi connectivity index (χ3n) is 0.622. The Morgan fingerprint density at radius 2 is 2.57 bits per heavy atom. The van der Waals surface area contributed by atoms with E-state index in [9.17, 15) is 0 Å². The fraction of sp³-hybridized carbons (Fsp3) is 0. The molecule has 35 valence electrons. The van der Waals surface area contributed by atoms with Crippen molar-refractivity contribution >= 4 is 32.7 Å². The summed E-state index contributed by atoms with van der Waals surface area (Å²) in [5, 5.41) is 2.03. The quantitative estimate of drug-likeness (QED) is 0.214. The molecule has 0 nitrogen and oxygen atoms in total. The van der Waals surface area contributed by atoms with Crippen molar-refractivity contribution in [2.75, 3.05) is 0 Å². The molecular formula is C5H3SSe. The minimum atomic E-state index is 1.17. The molecular weight excluding hydrogens is 171 g/mol. The van der Waals surface area contributed by atoms with Gasteiger partial charge in [-0.25, -0.2) is 0 Å². The molecule has 0 fully saturated rings. The summed E-state index contributed by atoms with van der Waals surface area (Å²) in [5.74, 6) is 0. The van der Waals surface area contributed by atoms with Crippen LogP contribution in [0, 0.1) is 4.97 Å². The van der Waals surface area contributed by atoms with Crippen molar-refractivity contribution in [3.63, 3.8) is 0 Å². The Kier molecular flexibility index (Phi) is 1.80. The molecule has 1 aliphatic heterocycles. The molecule has 0 bridgehead atoms. The van der Waals surface area contributed by atoms with E-state index >= 15 is 0 Å². The maximum atomic E-state index is 2.90. The van der Waals surface area contributed by atoms with Crippen molar-refractivity contribution < 1.29 is 0 Å². The summed E-state index contributed by atoms with van der Waals surface area (Å²) in [5.41, 5.74) is 0. The molecule has 0 N–H and O–H groups in total. The summed E-state index contributed by atoms with van der Waals surface area (Å²) in [6.45, 7) is 0. The molecule has 0 aromatic rings. The van der Waals surface area contributed by atoms with E-state index in [1.165, 1.54) is 4.91 Å². The first kappa shape index (κ1) is 5.23. The van der Waals surface area contributed by atoms with Gasteiger partial charge in [-0.2, -0.15) is 0 Å². The average Bonchev–Trinajstić information content (AvgIpc) is 2.14. The standard InChI is InChI=1S/C5H3SSe/c7-4-5-2-1-3-6-5/h1-3H.